The van der Waals surface area contributed by atoms with E-state index in [0.717, 1.165) is 45.1 Å². The third-order valence-corrected chi connectivity index (χ3v) is 26.0. The van der Waals surface area contributed by atoms with Gasteiger partial charge in [-0.1, -0.05) is 143 Å². The molecule has 0 spiro atoms. The van der Waals surface area contributed by atoms with Gasteiger partial charge in [0.2, 0.25) is 0 Å². The number of ether oxygens (including phenoxy) is 2. The van der Waals surface area contributed by atoms with Crippen molar-refractivity contribution in [1.82, 2.24) is 0 Å². The fourth-order valence-corrected chi connectivity index (χ4v) is 9.69. The molecule has 1 aliphatic heterocycles. The Morgan fingerprint density at radius 2 is 1.34 bits per heavy atom. The van der Waals surface area contributed by atoms with E-state index in [4.69, 9.17) is 22.8 Å². The van der Waals surface area contributed by atoms with Gasteiger partial charge in [0.1, 0.15) is 0 Å². The molecule has 1 heterocycles. The molecule has 0 amide bonds. The summed E-state index contributed by atoms with van der Waals surface area (Å²) in [5.41, 5.74) is 1.23. The number of rotatable bonds is 22. The Labute approximate surface area is 331 Å². The van der Waals surface area contributed by atoms with Crippen LogP contribution in [0.15, 0.2) is 54.6 Å². The first-order chi connectivity index (χ1) is 24.4. The summed E-state index contributed by atoms with van der Waals surface area (Å²) in [4.78, 5) is 0. The molecule has 0 N–H and O–H groups in total. The Morgan fingerprint density at radius 3 is 1.92 bits per heavy atom. The van der Waals surface area contributed by atoms with E-state index in [2.05, 4.69) is 157 Å². The number of hydrogen-bond acceptors (Lipinski definition) is 5. The summed E-state index contributed by atoms with van der Waals surface area (Å²) in [5, 5.41) is 0.361. The van der Waals surface area contributed by atoms with Gasteiger partial charge in [-0.3, -0.25) is 0 Å². The third-order valence-electron chi connectivity index (χ3n) is 12.5. The molecule has 0 unspecified atom stereocenters. The SMILES string of the molecule is CCCCC[C@@H](/C=C/[C@@H](O[Si](C)(C)C(C)(C)C)[C@@H]1C[C@H](O[Si](C)(C)C(C)(C)C)[C@H](C/C=C\CCCCOCc2ccccc2)O1)O[Si](C)(C)C(C)(C)C. The normalized spacial score (nSPS) is 20.9. The van der Waals surface area contributed by atoms with Crippen LogP contribution >= 0.6 is 0 Å². The molecule has 8 heteroatoms. The zero-order valence-corrected chi connectivity index (χ0v) is 40.4. The summed E-state index contributed by atoms with van der Waals surface area (Å²) < 4.78 is 34.5. The number of hydrogen-bond donors (Lipinski definition) is 0. The van der Waals surface area contributed by atoms with Crippen molar-refractivity contribution in [1.29, 1.82) is 0 Å². The highest BCUT2D eigenvalue weighted by molar-refractivity contribution is 6.75. The minimum Gasteiger partial charge on any atom is -0.411 e. The van der Waals surface area contributed by atoms with Crippen molar-refractivity contribution in [2.45, 2.75) is 219 Å². The van der Waals surface area contributed by atoms with E-state index in [1.54, 1.807) is 0 Å². The monoisotopic (exact) mass is 789 g/mol. The molecule has 1 aromatic carbocycles. The van der Waals surface area contributed by atoms with E-state index >= 15 is 0 Å². The average molecular weight is 789 g/mol. The minimum absolute atomic E-state index is 0.00216. The molecule has 1 saturated heterocycles. The van der Waals surface area contributed by atoms with Gasteiger partial charge in [-0.25, -0.2) is 0 Å². The van der Waals surface area contributed by atoms with Crippen molar-refractivity contribution in [2.75, 3.05) is 6.61 Å². The Hall–Kier alpha value is -0.849. The van der Waals surface area contributed by atoms with Crippen LogP contribution in [-0.4, -0.2) is 62.1 Å². The van der Waals surface area contributed by atoms with Crippen molar-refractivity contribution in [2.24, 2.45) is 0 Å². The smallest absolute Gasteiger partial charge is 0.193 e. The maximum Gasteiger partial charge on any atom is 0.193 e. The molecule has 0 bridgehead atoms. The molecule has 306 valence electrons. The molecule has 0 saturated carbocycles. The maximum absolute atomic E-state index is 7.28. The first-order valence-corrected chi connectivity index (χ1v) is 29.8. The van der Waals surface area contributed by atoms with Crippen LogP contribution < -0.4 is 0 Å². The van der Waals surface area contributed by atoms with E-state index in [1.807, 2.05) is 6.07 Å². The second kappa shape index (κ2) is 21.1. The van der Waals surface area contributed by atoms with Gasteiger partial charge < -0.3 is 22.8 Å². The topological polar surface area (TPSA) is 46.2 Å². The molecule has 53 heavy (non-hydrogen) atoms. The van der Waals surface area contributed by atoms with E-state index in [0.29, 0.717) is 6.61 Å². The Kier molecular flexibility index (Phi) is 19.2. The third kappa shape index (κ3) is 16.3. The quantitative estimate of drug-likeness (QED) is 0.0665. The Morgan fingerprint density at radius 1 is 0.736 bits per heavy atom. The Balaban J connectivity index is 2.28. The van der Waals surface area contributed by atoms with Gasteiger partial charge in [-0.15, -0.1) is 0 Å². The summed E-state index contributed by atoms with van der Waals surface area (Å²) in [6.45, 7) is 39.0. The van der Waals surface area contributed by atoms with Crippen LogP contribution in [0.4, 0.5) is 0 Å². The summed E-state index contributed by atoms with van der Waals surface area (Å²) in [6, 6.07) is 10.4. The molecule has 0 aromatic heterocycles. The van der Waals surface area contributed by atoms with Crippen LogP contribution in [0.1, 0.15) is 133 Å². The first kappa shape index (κ1) is 48.3. The Bertz CT molecular complexity index is 1220. The molecular formula is C45H84O5Si3. The average Bonchev–Trinajstić information content (AvgIpc) is 3.42. The van der Waals surface area contributed by atoms with E-state index < -0.39 is 25.0 Å². The predicted octanol–water partition coefficient (Wildman–Crippen LogP) is 13.8. The van der Waals surface area contributed by atoms with Crippen molar-refractivity contribution >= 4 is 25.0 Å². The lowest BCUT2D eigenvalue weighted by atomic mass is 10.0. The van der Waals surface area contributed by atoms with Gasteiger partial charge in [-0.05, 0) is 92.1 Å². The van der Waals surface area contributed by atoms with E-state index in [-0.39, 0.29) is 45.6 Å². The van der Waals surface area contributed by atoms with Gasteiger partial charge in [0.15, 0.2) is 25.0 Å². The molecule has 2 rings (SSSR count). The van der Waals surface area contributed by atoms with E-state index in [9.17, 15) is 0 Å². The van der Waals surface area contributed by atoms with Crippen LogP contribution in [0.2, 0.25) is 54.4 Å². The van der Waals surface area contributed by atoms with Crippen molar-refractivity contribution in [3.05, 3.63) is 60.2 Å². The molecule has 0 radical (unpaired) electrons. The first-order valence-electron chi connectivity index (χ1n) is 21.0. The van der Waals surface area contributed by atoms with E-state index in [1.165, 1.54) is 24.8 Å². The molecule has 0 aliphatic carbocycles. The summed E-state index contributed by atoms with van der Waals surface area (Å²) in [6.07, 6.45) is 18.8. The van der Waals surface area contributed by atoms with Crippen LogP contribution in [0.25, 0.3) is 0 Å². The molecule has 1 fully saturated rings. The number of unbranched alkanes of at least 4 members (excludes halogenated alkanes) is 4. The zero-order valence-electron chi connectivity index (χ0n) is 37.4. The lowest BCUT2D eigenvalue weighted by Crippen LogP contribution is -2.47. The highest BCUT2D eigenvalue weighted by atomic mass is 28.4. The van der Waals surface area contributed by atoms with Crippen LogP contribution in [-0.2, 0) is 29.4 Å². The van der Waals surface area contributed by atoms with Gasteiger partial charge in [-0.2, -0.15) is 0 Å². The maximum atomic E-state index is 7.28. The summed E-state index contributed by atoms with van der Waals surface area (Å²) >= 11 is 0. The second-order valence-corrected chi connectivity index (χ2v) is 34.5. The molecule has 1 aromatic rings. The largest absolute Gasteiger partial charge is 0.411 e. The fourth-order valence-electron chi connectivity index (χ4n) is 5.76. The van der Waals surface area contributed by atoms with Gasteiger partial charge in [0.25, 0.3) is 0 Å². The molecule has 5 nitrogen and oxygen atoms in total. The van der Waals surface area contributed by atoms with Crippen LogP contribution in [0.3, 0.4) is 0 Å². The molecule has 5 atom stereocenters. The van der Waals surface area contributed by atoms with Crippen molar-refractivity contribution in [3.8, 4) is 0 Å². The number of benzene rings is 1. The lowest BCUT2D eigenvalue weighted by molar-refractivity contribution is -0.0226. The molecular weight excluding hydrogens is 705 g/mol. The highest BCUT2D eigenvalue weighted by Crippen LogP contribution is 2.43. The van der Waals surface area contributed by atoms with Gasteiger partial charge in [0, 0.05) is 13.0 Å². The highest BCUT2D eigenvalue weighted by Gasteiger charge is 2.48. The minimum atomic E-state index is -2.13. The van der Waals surface area contributed by atoms with Crippen LogP contribution in [0.5, 0.6) is 0 Å². The summed E-state index contributed by atoms with van der Waals surface area (Å²) in [7, 11) is -6.13. The van der Waals surface area contributed by atoms with Crippen molar-refractivity contribution < 1.29 is 22.8 Å². The predicted molar refractivity (Wildman–Crippen MR) is 236 cm³/mol. The van der Waals surface area contributed by atoms with Crippen LogP contribution in [0, 0.1) is 0 Å². The second-order valence-electron chi connectivity index (χ2n) is 20.2. The standard InChI is InChI=1S/C45H84O5Si3/c1-17-18-23-30-38(48-51(11,12)43(2,3)4)32-33-40(49-52(13,14)44(5,6)7)41-35-42(50-53(15,16)45(8,9)10)39(47-41)31-26-20-19-21-27-34-46-36-37-28-24-22-25-29-37/h20,22,24-26,28-29,32-33,38-42H,17-19,21,23,27,30-31,34-36H2,1-16H3/b26-20-,33-32+/t38-,39-,40+,41-,42-/m0/s1. The molecule has 1 aliphatic rings. The fraction of sp³-hybridized carbons (Fsp3) is 0.778. The lowest BCUT2D eigenvalue weighted by Gasteiger charge is -2.40. The van der Waals surface area contributed by atoms with Gasteiger partial charge >= 0.3 is 0 Å². The zero-order chi connectivity index (χ0) is 40.1. The summed E-state index contributed by atoms with van der Waals surface area (Å²) in [5.74, 6) is 0. The number of allylic oxidation sites excluding steroid dienone is 1. The van der Waals surface area contributed by atoms with Gasteiger partial charge in [0.05, 0.1) is 37.1 Å². The van der Waals surface area contributed by atoms with Crippen molar-refractivity contribution in [3.63, 3.8) is 0 Å².